The SMILES string of the molecule is COc1ccc(C(O[C@H]2C[C@H](n3ccc(CC(=O)c4ccccc4)nc3=O)O[C@@H]2COP(=O)(Cl)N(C)C)(c2ccccc2)c2ccc(OC)cc2)cc1. The van der Waals surface area contributed by atoms with Gasteiger partial charge in [-0.15, -0.1) is 0 Å². The number of aromatic nitrogens is 2. The first-order chi connectivity index (χ1) is 25.5. The Labute approximate surface area is 313 Å². The predicted octanol–water partition coefficient (Wildman–Crippen LogP) is 7.28. The molecule has 0 aliphatic carbocycles. The van der Waals surface area contributed by atoms with E-state index in [1.54, 1.807) is 64.8 Å². The number of rotatable bonds is 15. The molecule has 1 unspecified atom stereocenters. The Morgan fingerprint density at radius 3 is 1.94 bits per heavy atom. The highest BCUT2D eigenvalue weighted by molar-refractivity contribution is 7.83. The molecule has 53 heavy (non-hydrogen) atoms. The van der Waals surface area contributed by atoms with Crippen LogP contribution in [-0.4, -0.2) is 67.1 Å². The molecule has 1 aromatic heterocycles. The Kier molecular flexibility index (Phi) is 11.9. The summed E-state index contributed by atoms with van der Waals surface area (Å²) in [6, 6.07) is 35.5. The lowest BCUT2D eigenvalue weighted by atomic mass is 9.79. The van der Waals surface area contributed by atoms with Gasteiger partial charge in [0.2, 0.25) is 0 Å². The van der Waals surface area contributed by atoms with Crippen molar-refractivity contribution in [2.24, 2.45) is 0 Å². The molecule has 11 nitrogen and oxygen atoms in total. The number of hydrogen-bond acceptors (Lipinski definition) is 9. The molecule has 2 heterocycles. The zero-order chi connectivity index (χ0) is 37.6. The van der Waals surface area contributed by atoms with Gasteiger partial charge in [0.15, 0.2) is 5.78 Å². The average Bonchev–Trinajstić information content (AvgIpc) is 3.58. The number of ketones is 1. The summed E-state index contributed by atoms with van der Waals surface area (Å²) in [7, 11) is 6.33. The van der Waals surface area contributed by atoms with E-state index in [2.05, 4.69) is 4.98 Å². The third-order valence-corrected chi connectivity index (χ3v) is 11.8. The Morgan fingerprint density at radius 2 is 1.42 bits per heavy atom. The van der Waals surface area contributed by atoms with E-state index in [0.717, 1.165) is 16.7 Å². The van der Waals surface area contributed by atoms with Gasteiger partial charge in [0.25, 0.3) is 0 Å². The summed E-state index contributed by atoms with van der Waals surface area (Å²) in [5.74, 6) is 1.19. The van der Waals surface area contributed by atoms with Crippen molar-refractivity contribution < 1.29 is 32.8 Å². The van der Waals surface area contributed by atoms with Gasteiger partial charge in [-0.25, -0.2) is 9.46 Å². The summed E-state index contributed by atoms with van der Waals surface area (Å²) in [6.07, 6.45) is -0.702. The molecule has 0 saturated carbocycles. The second-order valence-electron chi connectivity index (χ2n) is 12.7. The normalized spacial score (nSPS) is 18.4. The van der Waals surface area contributed by atoms with Crippen LogP contribution in [0.1, 0.15) is 45.4 Å². The largest absolute Gasteiger partial charge is 0.497 e. The summed E-state index contributed by atoms with van der Waals surface area (Å²) in [5, 5.41) is 0. The standard InChI is InChI=1S/C40H41ClN3O8P/c1-43(2)53(41,47)50-27-37-36(26-38(51-37)44-24-23-32(42-39(44)46)25-35(45)28-11-7-5-8-12-28)52-40(29-13-9-6-10-14-29,30-15-19-33(48-3)20-16-30)31-17-21-34(49-4)22-18-31/h5-24,36-38H,25-27H2,1-4H3/t36-,37+,38+,53?/m0/s1. The number of carbonyl (C=O) groups is 1. The van der Waals surface area contributed by atoms with E-state index in [0.29, 0.717) is 22.8 Å². The molecule has 5 aromatic rings. The monoisotopic (exact) mass is 757 g/mol. The van der Waals surface area contributed by atoms with Crippen molar-refractivity contribution in [1.82, 2.24) is 14.2 Å². The van der Waals surface area contributed by atoms with E-state index in [1.807, 2.05) is 84.9 Å². The number of Topliss-reactive ketones (excluding diaryl/α,β-unsaturated/α-hetero) is 1. The minimum Gasteiger partial charge on any atom is -0.497 e. The van der Waals surface area contributed by atoms with Gasteiger partial charge in [-0.1, -0.05) is 84.9 Å². The van der Waals surface area contributed by atoms with E-state index < -0.39 is 36.6 Å². The molecule has 276 valence electrons. The summed E-state index contributed by atoms with van der Waals surface area (Å²) in [5.41, 5.74) is 1.46. The molecule has 1 saturated heterocycles. The number of carbonyl (C=O) groups excluding carboxylic acids is 1. The first-order valence-corrected chi connectivity index (χ1v) is 19.5. The molecule has 6 rings (SSSR count). The van der Waals surface area contributed by atoms with Crippen LogP contribution in [0.3, 0.4) is 0 Å². The van der Waals surface area contributed by atoms with E-state index in [9.17, 15) is 14.2 Å². The fraction of sp³-hybridized carbons (Fsp3) is 0.275. The van der Waals surface area contributed by atoms with Crippen LogP contribution in [0.2, 0.25) is 0 Å². The maximum absolute atomic E-state index is 13.5. The van der Waals surface area contributed by atoms with Crippen LogP contribution in [0, 0.1) is 0 Å². The number of methoxy groups -OCH3 is 2. The highest BCUT2D eigenvalue weighted by Crippen LogP contribution is 2.55. The lowest BCUT2D eigenvalue weighted by Gasteiger charge is -2.39. The molecule has 0 radical (unpaired) electrons. The van der Waals surface area contributed by atoms with Crippen LogP contribution in [0.5, 0.6) is 11.5 Å². The minimum atomic E-state index is -3.70. The van der Waals surface area contributed by atoms with Gasteiger partial charge in [0, 0.05) is 18.2 Å². The number of halogens is 1. The van der Waals surface area contributed by atoms with Crippen molar-refractivity contribution >= 4 is 23.9 Å². The van der Waals surface area contributed by atoms with Gasteiger partial charge >= 0.3 is 12.6 Å². The molecular formula is C40H41ClN3O8P. The van der Waals surface area contributed by atoms with Crippen molar-refractivity contribution in [3.05, 3.63) is 160 Å². The van der Waals surface area contributed by atoms with Crippen LogP contribution in [0.15, 0.2) is 126 Å². The van der Waals surface area contributed by atoms with Crippen LogP contribution < -0.4 is 15.2 Å². The predicted molar refractivity (Wildman–Crippen MR) is 202 cm³/mol. The molecule has 1 aliphatic rings. The average molecular weight is 758 g/mol. The molecule has 0 amide bonds. The molecule has 13 heteroatoms. The third-order valence-electron chi connectivity index (χ3n) is 9.19. The lowest BCUT2D eigenvalue weighted by molar-refractivity contribution is -0.0964. The van der Waals surface area contributed by atoms with E-state index in [-0.39, 0.29) is 25.2 Å². The Bertz CT molecular complexity index is 2050. The molecule has 0 spiro atoms. The summed E-state index contributed by atoms with van der Waals surface area (Å²) >= 11 is 6.30. The van der Waals surface area contributed by atoms with Crippen LogP contribution in [0.4, 0.5) is 0 Å². The molecule has 1 aliphatic heterocycles. The number of nitrogens with zero attached hydrogens (tertiary/aromatic N) is 3. The van der Waals surface area contributed by atoms with Crippen molar-refractivity contribution in [3.8, 4) is 11.5 Å². The Balaban J connectivity index is 1.40. The number of benzene rings is 4. The van der Waals surface area contributed by atoms with Gasteiger partial charge in [-0.3, -0.25) is 13.9 Å². The summed E-state index contributed by atoms with van der Waals surface area (Å²) < 4.78 is 46.4. The topological polar surface area (TPSA) is 118 Å². The highest BCUT2D eigenvalue weighted by Gasteiger charge is 2.47. The van der Waals surface area contributed by atoms with Crippen molar-refractivity contribution in [3.63, 3.8) is 0 Å². The van der Waals surface area contributed by atoms with E-state index >= 15 is 0 Å². The molecular weight excluding hydrogens is 717 g/mol. The molecule has 1 fully saturated rings. The van der Waals surface area contributed by atoms with Crippen LogP contribution >= 0.6 is 18.1 Å². The zero-order valence-electron chi connectivity index (χ0n) is 29.8. The van der Waals surface area contributed by atoms with Gasteiger partial charge < -0.3 is 23.5 Å². The molecule has 4 atom stereocenters. The first kappa shape index (κ1) is 38.1. The Morgan fingerprint density at radius 1 is 0.868 bits per heavy atom. The molecule has 0 N–H and O–H groups in total. The van der Waals surface area contributed by atoms with E-state index in [4.69, 9.17) is 34.7 Å². The van der Waals surface area contributed by atoms with Gasteiger partial charge in [0.1, 0.15) is 29.4 Å². The smallest absolute Gasteiger partial charge is 0.362 e. The molecule has 0 bridgehead atoms. The fourth-order valence-electron chi connectivity index (χ4n) is 6.34. The van der Waals surface area contributed by atoms with Crippen molar-refractivity contribution in [2.75, 3.05) is 34.9 Å². The van der Waals surface area contributed by atoms with Crippen molar-refractivity contribution in [1.29, 1.82) is 0 Å². The van der Waals surface area contributed by atoms with Gasteiger partial charge in [-0.05, 0) is 72.4 Å². The highest BCUT2D eigenvalue weighted by atomic mass is 35.7. The fourth-order valence-corrected chi connectivity index (χ4v) is 7.07. The maximum Gasteiger partial charge on any atom is 0.362 e. The zero-order valence-corrected chi connectivity index (χ0v) is 31.5. The van der Waals surface area contributed by atoms with E-state index in [1.165, 1.54) is 9.24 Å². The lowest BCUT2D eigenvalue weighted by Crippen LogP contribution is -2.41. The van der Waals surface area contributed by atoms with Gasteiger partial charge in [0.05, 0.1) is 39.0 Å². The third kappa shape index (κ3) is 8.47. The number of hydrogen-bond donors (Lipinski definition) is 0. The Hall–Kier alpha value is -4.61. The summed E-state index contributed by atoms with van der Waals surface area (Å²) in [4.78, 5) is 30.6. The number of ether oxygens (including phenoxy) is 4. The summed E-state index contributed by atoms with van der Waals surface area (Å²) in [6.45, 7) is -3.91. The van der Waals surface area contributed by atoms with Crippen LogP contribution in [0.25, 0.3) is 0 Å². The quantitative estimate of drug-likeness (QED) is 0.0613. The van der Waals surface area contributed by atoms with Crippen LogP contribution in [-0.2, 0) is 30.6 Å². The second kappa shape index (κ2) is 16.6. The first-order valence-electron chi connectivity index (χ1n) is 17.0. The van der Waals surface area contributed by atoms with Gasteiger partial charge in [-0.2, -0.15) is 4.98 Å². The maximum atomic E-state index is 13.5. The van der Waals surface area contributed by atoms with Crippen molar-refractivity contribution in [2.45, 2.75) is 36.9 Å². The minimum absolute atomic E-state index is 0.0350. The second-order valence-corrected chi connectivity index (χ2v) is 15.9. The molecule has 4 aromatic carbocycles.